The summed E-state index contributed by atoms with van der Waals surface area (Å²) in [5.41, 5.74) is 2.54. The van der Waals surface area contributed by atoms with Gasteiger partial charge in [-0.3, -0.25) is 14.8 Å². The Kier molecular flexibility index (Phi) is 5.68. The van der Waals surface area contributed by atoms with Crippen molar-refractivity contribution >= 4 is 22.9 Å². The number of allylic oxidation sites excluding steroid dienone is 4. The molecule has 3 aromatic rings. The number of anilines is 1. The first-order valence-electron chi connectivity index (χ1n) is 10.2. The molecule has 0 unspecified atom stereocenters. The lowest BCUT2D eigenvalue weighted by molar-refractivity contribution is -0.286. The number of nitrogens with one attached hydrogen (secondary N) is 2. The summed E-state index contributed by atoms with van der Waals surface area (Å²) < 4.78 is 37.1. The maximum absolute atomic E-state index is 13.2. The third-order valence-corrected chi connectivity index (χ3v) is 4.96. The predicted octanol–water partition coefficient (Wildman–Crippen LogP) is 4.86. The fourth-order valence-electron chi connectivity index (χ4n) is 3.47. The molecule has 0 spiro atoms. The number of nitrogens with zero attached hydrogens (tertiary/aromatic N) is 3. The number of ether oxygens (including phenoxy) is 2. The number of carbonyl (C=O) groups excluding carboxylic acids is 1. The molecule has 10 heteroatoms. The molecule has 3 heterocycles. The summed E-state index contributed by atoms with van der Waals surface area (Å²) in [6, 6.07) is 2.68. The molecule has 2 aromatic heterocycles. The third-order valence-electron chi connectivity index (χ3n) is 4.96. The van der Waals surface area contributed by atoms with Gasteiger partial charge in [-0.25, -0.2) is 4.98 Å². The average molecular weight is 443 g/mol. The lowest BCUT2D eigenvalue weighted by atomic mass is 10.2. The Labute approximate surface area is 182 Å². The Morgan fingerprint density at radius 1 is 1.22 bits per heavy atom. The number of carbonyl (C=O) groups is 1. The minimum atomic E-state index is -3.70. The van der Waals surface area contributed by atoms with Crippen LogP contribution in [0.4, 0.5) is 14.7 Å². The highest BCUT2D eigenvalue weighted by atomic mass is 19.3. The standard InChI is InChI=1S/C22H23F2N5O3/c1-4-5-6-7-8-9-10-29-14(3)19(13(2)28-29)20(30)27-21-25-15-11-17-18(12-16(15)26-21)32-22(23,24)31-17/h6-9,11-12H,4-5,10H2,1-3H3,(H2,25,26,27,30). The van der Waals surface area contributed by atoms with E-state index < -0.39 is 6.29 Å². The van der Waals surface area contributed by atoms with E-state index in [-0.39, 0.29) is 23.4 Å². The molecule has 1 aliphatic rings. The number of aromatic nitrogens is 4. The smallest absolute Gasteiger partial charge is 0.395 e. The Morgan fingerprint density at radius 3 is 2.69 bits per heavy atom. The SMILES string of the molecule is CCCC=CC=CCn1nc(C)c(C(=O)Nc2nc3cc4c(cc3[nH]2)OC(F)(F)O4)c1C. The van der Waals surface area contributed by atoms with E-state index in [1.807, 2.05) is 25.2 Å². The summed E-state index contributed by atoms with van der Waals surface area (Å²) in [5, 5.41) is 7.16. The highest BCUT2D eigenvalue weighted by molar-refractivity contribution is 6.05. The maximum Gasteiger partial charge on any atom is 0.586 e. The molecule has 0 saturated carbocycles. The normalized spacial score (nSPS) is 14.8. The second kappa shape index (κ2) is 8.45. The van der Waals surface area contributed by atoms with Gasteiger partial charge in [-0.1, -0.05) is 37.6 Å². The van der Waals surface area contributed by atoms with Crippen molar-refractivity contribution in [2.75, 3.05) is 5.32 Å². The molecular weight excluding hydrogens is 420 g/mol. The van der Waals surface area contributed by atoms with Crippen molar-refractivity contribution in [3.8, 4) is 11.5 Å². The van der Waals surface area contributed by atoms with Crippen molar-refractivity contribution in [3.63, 3.8) is 0 Å². The maximum atomic E-state index is 13.2. The molecule has 168 valence electrons. The highest BCUT2D eigenvalue weighted by Crippen LogP contribution is 2.42. The number of aromatic amines is 1. The molecule has 0 radical (unpaired) electrons. The zero-order valence-electron chi connectivity index (χ0n) is 17.9. The van der Waals surface area contributed by atoms with E-state index in [0.29, 0.717) is 28.8 Å². The van der Waals surface area contributed by atoms with E-state index in [0.717, 1.165) is 18.5 Å². The quantitative estimate of drug-likeness (QED) is 0.509. The summed E-state index contributed by atoms with van der Waals surface area (Å²) in [4.78, 5) is 20.0. The van der Waals surface area contributed by atoms with Crippen molar-refractivity contribution in [1.29, 1.82) is 0 Å². The third kappa shape index (κ3) is 4.34. The Balaban J connectivity index is 1.48. The average Bonchev–Trinajstić information content (AvgIpc) is 3.32. The van der Waals surface area contributed by atoms with Gasteiger partial charge in [0, 0.05) is 17.8 Å². The first-order chi connectivity index (χ1) is 15.3. The van der Waals surface area contributed by atoms with Gasteiger partial charge in [0.25, 0.3) is 5.91 Å². The number of rotatable bonds is 7. The molecule has 32 heavy (non-hydrogen) atoms. The summed E-state index contributed by atoms with van der Waals surface area (Å²) >= 11 is 0. The van der Waals surface area contributed by atoms with Crippen LogP contribution in [0.5, 0.6) is 11.5 Å². The van der Waals surface area contributed by atoms with Gasteiger partial charge < -0.3 is 14.5 Å². The summed E-state index contributed by atoms with van der Waals surface area (Å²) in [7, 11) is 0. The monoisotopic (exact) mass is 443 g/mol. The Hall–Kier alpha value is -3.69. The van der Waals surface area contributed by atoms with Crippen LogP contribution in [0.1, 0.15) is 41.5 Å². The van der Waals surface area contributed by atoms with Gasteiger partial charge in [0.1, 0.15) is 0 Å². The van der Waals surface area contributed by atoms with Gasteiger partial charge in [0.05, 0.1) is 28.8 Å². The Bertz CT molecular complexity index is 1180. The molecule has 8 nitrogen and oxygen atoms in total. The largest absolute Gasteiger partial charge is 0.586 e. The Morgan fingerprint density at radius 2 is 1.94 bits per heavy atom. The number of amides is 1. The summed E-state index contributed by atoms with van der Waals surface area (Å²) in [6.07, 6.45) is 6.46. The van der Waals surface area contributed by atoms with Crippen molar-refractivity contribution in [2.24, 2.45) is 0 Å². The second-order valence-electron chi connectivity index (χ2n) is 7.40. The van der Waals surface area contributed by atoms with Crippen LogP contribution in [0, 0.1) is 13.8 Å². The lowest BCUT2D eigenvalue weighted by Crippen LogP contribution is -2.25. The van der Waals surface area contributed by atoms with Crippen molar-refractivity contribution in [1.82, 2.24) is 19.7 Å². The number of unbranched alkanes of at least 4 members (excludes halogenated alkanes) is 1. The first-order valence-corrected chi connectivity index (χ1v) is 10.2. The fraction of sp³-hybridized carbons (Fsp3) is 0.318. The van der Waals surface area contributed by atoms with Crippen molar-refractivity contribution in [2.45, 2.75) is 46.5 Å². The second-order valence-corrected chi connectivity index (χ2v) is 7.40. The number of H-pyrrole nitrogens is 1. The topological polar surface area (TPSA) is 94.1 Å². The van der Waals surface area contributed by atoms with Gasteiger partial charge >= 0.3 is 6.29 Å². The minimum Gasteiger partial charge on any atom is -0.395 e. The predicted molar refractivity (Wildman–Crippen MR) is 115 cm³/mol. The fourth-order valence-corrected chi connectivity index (χ4v) is 3.47. The van der Waals surface area contributed by atoms with Gasteiger partial charge in [-0.2, -0.15) is 5.10 Å². The van der Waals surface area contributed by atoms with Crippen LogP contribution < -0.4 is 14.8 Å². The molecule has 2 N–H and O–H groups in total. The molecule has 0 atom stereocenters. The first kappa shape index (κ1) is 21.5. The van der Waals surface area contributed by atoms with Crippen LogP contribution in [-0.4, -0.2) is 32.0 Å². The number of alkyl halides is 2. The van der Waals surface area contributed by atoms with E-state index in [1.54, 1.807) is 11.6 Å². The minimum absolute atomic E-state index is 0.102. The van der Waals surface area contributed by atoms with E-state index in [9.17, 15) is 13.6 Å². The number of halogens is 2. The van der Waals surface area contributed by atoms with E-state index in [4.69, 9.17) is 0 Å². The van der Waals surface area contributed by atoms with E-state index in [2.05, 4.69) is 42.9 Å². The zero-order chi connectivity index (χ0) is 22.9. The lowest BCUT2D eigenvalue weighted by Gasteiger charge is -2.04. The highest BCUT2D eigenvalue weighted by Gasteiger charge is 2.43. The van der Waals surface area contributed by atoms with Gasteiger partial charge in [0.15, 0.2) is 11.5 Å². The van der Waals surface area contributed by atoms with E-state index >= 15 is 0 Å². The molecule has 0 saturated heterocycles. The van der Waals surface area contributed by atoms with Crippen LogP contribution in [-0.2, 0) is 6.54 Å². The van der Waals surface area contributed by atoms with Crippen LogP contribution in [0.3, 0.4) is 0 Å². The number of imidazole rings is 1. The number of aryl methyl sites for hydroxylation is 1. The zero-order valence-corrected chi connectivity index (χ0v) is 17.9. The molecule has 1 aliphatic heterocycles. The summed E-state index contributed by atoms with van der Waals surface area (Å²) in [5.74, 6) is -0.413. The van der Waals surface area contributed by atoms with Crippen molar-refractivity contribution < 1.29 is 23.0 Å². The number of benzene rings is 1. The van der Waals surface area contributed by atoms with Crippen molar-refractivity contribution in [3.05, 3.63) is 53.4 Å². The van der Waals surface area contributed by atoms with Gasteiger partial charge in [0.2, 0.25) is 5.95 Å². The molecule has 1 aromatic carbocycles. The molecule has 1 amide bonds. The number of hydrogen-bond donors (Lipinski definition) is 2. The molecule has 0 fully saturated rings. The molecule has 4 rings (SSSR count). The molecule has 0 bridgehead atoms. The number of fused-ring (bicyclic) bond motifs is 2. The van der Waals surface area contributed by atoms with Crippen LogP contribution in [0.25, 0.3) is 11.0 Å². The van der Waals surface area contributed by atoms with Crippen LogP contribution >= 0.6 is 0 Å². The molecule has 0 aliphatic carbocycles. The van der Waals surface area contributed by atoms with Gasteiger partial charge in [-0.15, -0.1) is 8.78 Å². The van der Waals surface area contributed by atoms with E-state index in [1.165, 1.54) is 12.1 Å². The number of hydrogen-bond acceptors (Lipinski definition) is 5. The van der Waals surface area contributed by atoms with Crippen LogP contribution in [0.15, 0.2) is 36.4 Å². The van der Waals surface area contributed by atoms with Crippen LogP contribution in [0.2, 0.25) is 0 Å². The molecular formula is C22H23F2N5O3. The van der Waals surface area contributed by atoms with Gasteiger partial charge in [-0.05, 0) is 20.3 Å². The summed E-state index contributed by atoms with van der Waals surface area (Å²) in [6.45, 7) is 6.25.